The van der Waals surface area contributed by atoms with Gasteiger partial charge >= 0.3 is 0 Å². The zero-order valence-corrected chi connectivity index (χ0v) is 20.3. The number of aromatic hydroxyl groups is 2. The Hall–Kier alpha value is -2.52. The van der Waals surface area contributed by atoms with E-state index in [0.717, 1.165) is 60.1 Å². The minimum atomic E-state index is -0.0564. The first kappa shape index (κ1) is 22.7. The third-order valence-electron chi connectivity index (χ3n) is 6.84. The number of unbranched alkanes of at least 4 members (excludes halogenated alkanes) is 2. The fraction of sp³-hybridized carbons (Fsp3) is 0.379. The van der Waals surface area contributed by atoms with E-state index >= 15 is 0 Å². The van der Waals surface area contributed by atoms with Gasteiger partial charge in [-0.2, -0.15) is 0 Å². The van der Waals surface area contributed by atoms with E-state index in [0.29, 0.717) is 5.56 Å². The first-order valence-corrected chi connectivity index (χ1v) is 12.6. The second-order valence-electron chi connectivity index (χ2n) is 9.33. The Kier molecular flexibility index (Phi) is 6.76. The van der Waals surface area contributed by atoms with Crippen LogP contribution < -0.4 is 0 Å². The number of rotatable bonds is 7. The number of hydrogen-bond acceptors (Lipinski definition) is 3. The maximum Gasteiger partial charge on any atom is 0.132 e. The van der Waals surface area contributed by atoms with Crippen molar-refractivity contribution in [3.8, 4) is 21.9 Å². The first-order chi connectivity index (χ1) is 15.4. The van der Waals surface area contributed by atoms with Crippen LogP contribution in [0.4, 0.5) is 0 Å². The Morgan fingerprint density at radius 2 is 1.94 bits per heavy atom. The number of allylic oxidation sites excluding steroid dienone is 3. The van der Waals surface area contributed by atoms with Gasteiger partial charge in [0.05, 0.1) is 0 Å². The Morgan fingerprint density at radius 1 is 1.16 bits per heavy atom. The molecule has 0 saturated heterocycles. The van der Waals surface area contributed by atoms with Crippen LogP contribution in [0.15, 0.2) is 60.2 Å². The lowest BCUT2D eigenvalue weighted by Crippen LogP contribution is -2.17. The Balaban J connectivity index is 1.91. The molecule has 0 radical (unpaired) electrons. The van der Waals surface area contributed by atoms with Crippen LogP contribution in [0.25, 0.3) is 20.5 Å². The van der Waals surface area contributed by atoms with Crippen molar-refractivity contribution >= 4 is 21.4 Å². The summed E-state index contributed by atoms with van der Waals surface area (Å²) in [5, 5.41) is 24.1. The SMILES string of the molecule is C=C(C)C1CCC(C)=CC1c1c(O)cc(CCCCC)c(-c2cc3ccccc3s2)c1O. The Morgan fingerprint density at radius 3 is 2.66 bits per heavy atom. The summed E-state index contributed by atoms with van der Waals surface area (Å²) >= 11 is 1.71. The molecule has 3 aromatic rings. The summed E-state index contributed by atoms with van der Waals surface area (Å²) in [5.41, 5.74) is 5.00. The molecule has 3 heteroatoms. The number of phenols is 2. The summed E-state index contributed by atoms with van der Waals surface area (Å²) in [6.07, 6.45) is 8.43. The van der Waals surface area contributed by atoms with Gasteiger partial charge < -0.3 is 10.2 Å². The molecule has 2 unspecified atom stereocenters. The molecular weight excluding hydrogens is 412 g/mol. The predicted octanol–water partition coefficient (Wildman–Crippen LogP) is 8.73. The van der Waals surface area contributed by atoms with Crippen molar-refractivity contribution in [2.75, 3.05) is 0 Å². The highest BCUT2D eigenvalue weighted by atomic mass is 32.1. The lowest BCUT2D eigenvalue weighted by atomic mass is 9.73. The van der Waals surface area contributed by atoms with Crippen molar-refractivity contribution in [3.05, 3.63) is 71.3 Å². The zero-order chi connectivity index (χ0) is 22.8. The second kappa shape index (κ2) is 9.54. The van der Waals surface area contributed by atoms with E-state index in [2.05, 4.69) is 63.8 Å². The van der Waals surface area contributed by atoms with E-state index in [4.69, 9.17) is 0 Å². The molecule has 2 N–H and O–H groups in total. The van der Waals surface area contributed by atoms with Crippen LogP contribution in [-0.2, 0) is 6.42 Å². The van der Waals surface area contributed by atoms with Crippen molar-refractivity contribution in [2.45, 2.75) is 65.2 Å². The largest absolute Gasteiger partial charge is 0.507 e. The lowest BCUT2D eigenvalue weighted by molar-refractivity contribution is 0.407. The van der Waals surface area contributed by atoms with Gasteiger partial charge in [-0.15, -0.1) is 11.3 Å². The van der Waals surface area contributed by atoms with E-state index < -0.39 is 0 Å². The average molecular weight is 447 g/mol. The lowest BCUT2D eigenvalue weighted by Gasteiger charge is -2.32. The van der Waals surface area contributed by atoms with Gasteiger partial charge in [-0.3, -0.25) is 0 Å². The molecule has 1 aliphatic carbocycles. The molecule has 0 aliphatic heterocycles. The third-order valence-corrected chi connectivity index (χ3v) is 7.97. The summed E-state index contributed by atoms with van der Waals surface area (Å²) in [5.74, 6) is 0.613. The average Bonchev–Trinajstić information content (AvgIpc) is 3.17. The minimum absolute atomic E-state index is 0.0564. The van der Waals surface area contributed by atoms with Crippen molar-refractivity contribution in [1.82, 2.24) is 0 Å². The molecule has 0 amide bonds. The number of aryl methyl sites for hydroxylation is 1. The first-order valence-electron chi connectivity index (χ1n) is 11.8. The standard InChI is InChI=1S/C29H34O2S/c1-5-6-7-11-21-16-24(30)28(23-15-19(4)13-14-22(23)18(2)3)29(31)27(21)26-17-20-10-8-9-12-25(20)32-26/h8-10,12,15-17,22-23,30-31H,2,5-7,11,13-14H2,1,3-4H3. The van der Waals surface area contributed by atoms with Crippen LogP contribution in [0, 0.1) is 5.92 Å². The van der Waals surface area contributed by atoms with Gasteiger partial charge in [-0.1, -0.05) is 61.8 Å². The quantitative estimate of drug-likeness (QED) is 0.281. The van der Waals surface area contributed by atoms with Gasteiger partial charge in [-0.05, 0) is 74.6 Å². The fourth-order valence-corrected chi connectivity index (χ4v) is 6.24. The molecule has 1 heterocycles. The molecule has 2 nitrogen and oxygen atoms in total. The molecule has 0 saturated carbocycles. The van der Waals surface area contributed by atoms with E-state index in [9.17, 15) is 10.2 Å². The number of fused-ring (bicyclic) bond motifs is 1. The third kappa shape index (κ3) is 4.36. The highest BCUT2D eigenvalue weighted by Gasteiger charge is 2.32. The fourth-order valence-electron chi connectivity index (χ4n) is 5.10. The van der Waals surface area contributed by atoms with E-state index in [1.807, 2.05) is 6.07 Å². The van der Waals surface area contributed by atoms with E-state index in [1.165, 1.54) is 15.7 Å². The number of hydrogen-bond donors (Lipinski definition) is 2. The molecule has 4 rings (SSSR count). The van der Waals surface area contributed by atoms with Gasteiger partial charge in [0.2, 0.25) is 0 Å². The van der Waals surface area contributed by atoms with Crippen molar-refractivity contribution in [1.29, 1.82) is 0 Å². The summed E-state index contributed by atoms with van der Waals surface area (Å²) < 4.78 is 1.21. The van der Waals surface area contributed by atoms with E-state index in [1.54, 1.807) is 11.3 Å². The molecule has 0 fully saturated rings. The summed E-state index contributed by atoms with van der Waals surface area (Å²) in [7, 11) is 0. The van der Waals surface area contributed by atoms with Crippen LogP contribution in [0.3, 0.4) is 0 Å². The smallest absolute Gasteiger partial charge is 0.132 e. The maximum atomic E-state index is 11.7. The monoisotopic (exact) mass is 446 g/mol. The summed E-state index contributed by atoms with van der Waals surface area (Å²) in [6.45, 7) is 10.6. The van der Waals surface area contributed by atoms with Gasteiger partial charge in [0.1, 0.15) is 11.5 Å². The highest BCUT2D eigenvalue weighted by molar-refractivity contribution is 7.22. The van der Waals surface area contributed by atoms with Gasteiger partial charge in [0, 0.05) is 26.6 Å². The van der Waals surface area contributed by atoms with Crippen LogP contribution in [0.1, 0.15) is 69.9 Å². The van der Waals surface area contributed by atoms with Gasteiger partial charge in [-0.25, -0.2) is 0 Å². The van der Waals surface area contributed by atoms with Crippen molar-refractivity contribution < 1.29 is 10.2 Å². The van der Waals surface area contributed by atoms with Crippen LogP contribution in [-0.4, -0.2) is 10.2 Å². The number of phenolic OH excluding ortho intramolecular Hbond substituents is 2. The number of benzene rings is 2. The molecule has 1 aromatic heterocycles. The molecule has 0 spiro atoms. The molecule has 32 heavy (non-hydrogen) atoms. The van der Waals surface area contributed by atoms with Gasteiger partial charge in [0.25, 0.3) is 0 Å². The minimum Gasteiger partial charge on any atom is -0.507 e. The molecule has 168 valence electrons. The molecular formula is C29H34O2S. The molecule has 0 bridgehead atoms. The second-order valence-corrected chi connectivity index (χ2v) is 10.4. The van der Waals surface area contributed by atoms with Crippen LogP contribution in [0.5, 0.6) is 11.5 Å². The summed E-state index contributed by atoms with van der Waals surface area (Å²) in [4.78, 5) is 1.07. The normalized spacial score (nSPS) is 18.7. The van der Waals surface area contributed by atoms with Crippen molar-refractivity contribution in [2.24, 2.45) is 5.92 Å². The van der Waals surface area contributed by atoms with Crippen LogP contribution in [0.2, 0.25) is 0 Å². The highest BCUT2D eigenvalue weighted by Crippen LogP contribution is 2.51. The Bertz CT molecular complexity index is 1130. The summed E-state index contributed by atoms with van der Waals surface area (Å²) in [6, 6.07) is 12.4. The van der Waals surface area contributed by atoms with E-state index in [-0.39, 0.29) is 23.3 Å². The maximum absolute atomic E-state index is 11.7. The molecule has 1 aliphatic rings. The number of thiophene rings is 1. The molecule has 2 aromatic carbocycles. The topological polar surface area (TPSA) is 40.5 Å². The predicted molar refractivity (Wildman–Crippen MR) is 138 cm³/mol. The van der Waals surface area contributed by atoms with Gasteiger partial charge in [0.15, 0.2) is 0 Å². The Labute approximate surface area is 195 Å². The van der Waals surface area contributed by atoms with Crippen molar-refractivity contribution in [3.63, 3.8) is 0 Å². The molecule has 2 atom stereocenters. The van der Waals surface area contributed by atoms with Crippen LogP contribution >= 0.6 is 11.3 Å². The zero-order valence-electron chi connectivity index (χ0n) is 19.4.